The summed E-state index contributed by atoms with van der Waals surface area (Å²) >= 11 is 0. The summed E-state index contributed by atoms with van der Waals surface area (Å²) in [7, 11) is 1.34. The first-order valence-corrected chi connectivity index (χ1v) is 7.46. The Kier molecular flexibility index (Phi) is 5.16. The van der Waals surface area contributed by atoms with Crippen LogP contribution < -0.4 is 5.32 Å². The molecule has 1 N–H and O–H groups in total. The molecular weight excluding hydrogens is 290 g/mol. The molecule has 0 radical (unpaired) electrons. The number of amides is 1. The van der Waals surface area contributed by atoms with Gasteiger partial charge in [0.25, 0.3) is 0 Å². The van der Waals surface area contributed by atoms with E-state index in [9.17, 15) is 9.59 Å². The number of anilines is 1. The van der Waals surface area contributed by atoms with E-state index in [0.717, 1.165) is 5.56 Å². The molecule has 4 heteroatoms. The molecule has 2 rings (SSSR count). The van der Waals surface area contributed by atoms with E-state index in [1.165, 1.54) is 7.11 Å². The molecule has 2 aromatic rings. The quantitative estimate of drug-likeness (QED) is 0.857. The molecule has 4 nitrogen and oxygen atoms in total. The number of benzene rings is 2. The van der Waals surface area contributed by atoms with E-state index in [1.807, 2.05) is 44.2 Å². The van der Waals surface area contributed by atoms with Crippen molar-refractivity contribution in [3.8, 4) is 0 Å². The van der Waals surface area contributed by atoms with E-state index in [4.69, 9.17) is 0 Å². The summed E-state index contributed by atoms with van der Waals surface area (Å²) in [6.07, 6.45) is 0.653. The molecule has 120 valence electrons. The van der Waals surface area contributed by atoms with Crippen LogP contribution in [0.1, 0.15) is 29.8 Å². The van der Waals surface area contributed by atoms with Crippen molar-refractivity contribution >= 4 is 17.6 Å². The van der Waals surface area contributed by atoms with Crippen LogP contribution in [0.4, 0.5) is 5.69 Å². The average Bonchev–Trinajstić information content (AvgIpc) is 2.55. The second-order valence-electron chi connectivity index (χ2n) is 6.07. The number of rotatable bonds is 5. The lowest BCUT2D eigenvalue weighted by atomic mass is 9.84. The molecule has 0 unspecified atom stereocenters. The predicted octanol–water partition coefficient (Wildman–Crippen LogP) is 3.68. The van der Waals surface area contributed by atoms with E-state index in [-0.39, 0.29) is 5.91 Å². The molecule has 0 aliphatic rings. The summed E-state index contributed by atoms with van der Waals surface area (Å²) in [6, 6.07) is 16.6. The maximum atomic E-state index is 12.5. The summed E-state index contributed by atoms with van der Waals surface area (Å²) in [5, 5.41) is 2.90. The number of methoxy groups -OCH3 is 1. The maximum Gasteiger partial charge on any atom is 0.337 e. The fourth-order valence-corrected chi connectivity index (χ4v) is 2.29. The van der Waals surface area contributed by atoms with Crippen molar-refractivity contribution in [1.29, 1.82) is 0 Å². The molecule has 2 aromatic carbocycles. The first kappa shape index (κ1) is 16.7. The molecule has 0 saturated heterocycles. The van der Waals surface area contributed by atoms with Crippen LogP contribution >= 0.6 is 0 Å². The van der Waals surface area contributed by atoms with Crippen LogP contribution in [0.15, 0.2) is 54.6 Å². The number of carbonyl (C=O) groups is 2. The summed E-state index contributed by atoms with van der Waals surface area (Å²) in [5.41, 5.74) is 1.69. The molecule has 0 aliphatic heterocycles. The van der Waals surface area contributed by atoms with Gasteiger partial charge in [0, 0.05) is 11.1 Å². The van der Waals surface area contributed by atoms with Gasteiger partial charge in [0.2, 0.25) is 5.91 Å². The highest BCUT2D eigenvalue weighted by molar-refractivity contribution is 5.96. The summed E-state index contributed by atoms with van der Waals surface area (Å²) in [4.78, 5) is 23.9. The van der Waals surface area contributed by atoms with Gasteiger partial charge in [-0.2, -0.15) is 0 Å². The Labute approximate surface area is 136 Å². The molecule has 0 spiro atoms. The van der Waals surface area contributed by atoms with Gasteiger partial charge >= 0.3 is 5.97 Å². The highest BCUT2D eigenvalue weighted by Crippen LogP contribution is 2.24. The third-order valence-corrected chi connectivity index (χ3v) is 3.67. The summed E-state index contributed by atoms with van der Waals surface area (Å²) < 4.78 is 4.65. The molecule has 23 heavy (non-hydrogen) atoms. The topological polar surface area (TPSA) is 55.4 Å². The first-order valence-electron chi connectivity index (χ1n) is 7.46. The number of carbonyl (C=O) groups excluding carboxylic acids is 2. The number of hydrogen-bond acceptors (Lipinski definition) is 3. The minimum Gasteiger partial charge on any atom is -0.465 e. The van der Waals surface area contributed by atoms with Crippen molar-refractivity contribution in [1.82, 2.24) is 0 Å². The van der Waals surface area contributed by atoms with Gasteiger partial charge < -0.3 is 10.1 Å². The third kappa shape index (κ3) is 4.42. The second-order valence-corrected chi connectivity index (χ2v) is 6.07. The zero-order valence-electron chi connectivity index (χ0n) is 13.6. The Balaban J connectivity index is 2.04. The van der Waals surface area contributed by atoms with E-state index >= 15 is 0 Å². The summed E-state index contributed by atoms with van der Waals surface area (Å²) in [6.45, 7) is 3.83. The smallest absolute Gasteiger partial charge is 0.337 e. The van der Waals surface area contributed by atoms with E-state index in [2.05, 4.69) is 10.1 Å². The van der Waals surface area contributed by atoms with Gasteiger partial charge in [-0.1, -0.05) is 44.2 Å². The lowest BCUT2D eigenvalue weighted by Crippen LogP contribution is -2.32. The van der Waals surface area contributed by atoms with Crippen LogP contribution in [0.3, 0.4) is 0 Å². The zero-order valence-corrected chi connectivity index (χ0v) is 13.6. The third-order valence-electron chi connectivity index (χ3n) is 3.67. The van der Waals surface area contributed by atoms with Crippen LogP contribution in [-0.2, 0) is 16.0 Å². The van der Waals surface area contributed by atoms with Gasteiger partial charge in [-0.05, 0) is 36.2 Å². The largest absolute Gasteiger partial charge is 0.465 e. The molecule has 0 aromatic heterocycles. The van der Waals surface area contributed by atoms with Crippen LogP contribution in [-0.4, -0.2) is 19.0 Å². The average molecular weight is 311 g/mol. The summed E-state index contributed by atoms with van der Waals surface area (Å²) in [5.74, 6) is -0.459. The number of esters is 1. The Bertz CT molecular complexity index is 676. The SMILES string of the molecule is COC(=O)c1ccc(NC(=O)C(C)(C)Cc2ccccc2)cc1. The Morgan fingerprint density at radius 1 is 1.00 bits per heavy atom. The van der Waals surface area contributed by atoms with Gasteiger partial charge in [-0.3, -0.25) is 4.79 Å². The van der Waals surface area contributed by atoms with Gasteiger partial charge in [-0.15, -0.1) is 0 Å². The molecule has 0 bridgehead atoms. The van der Waals surface area contributed by atoms with Crippen LogP contribution in [0.25, 0.3) is 0 Å². The number of ether oxygens (including phenoxy) is 1. The molecule has 0 saturated carbocycles. The van der Waals surface area contributed by atoms with Crippen LogP contribution in [0.5, 0.6) is 0 Å². The maximum absolute atomic E-state index is 12.5. The first-order chi connectivity index (χ1) is 10.9. The van der Waals surface area contributed by atoms with Crippen molar-refractivity contribution in [3.05, 3.63) is 65.7 Å². The van der Waals surface area contributed by atoms with Crippen molar-refractivity contribution in [3.63, 3.8) is 0 Å². The molecule has 1 amide bonds. The molecule has 0 atom stereocenters. The van der Waals surface area contributed by atoms with Gasteiger partial charge in [-0.25, -0.2) is 4.79 Å². The normalized spacial score (nSPS) is 10.9. The number of hydrogen-bond donors (Lipinski definition) is 1. The zero-order chi connectivity index (χ0) is 16.9. The van der Waals surface area contributed by atoms with E-state index in [0.29, 0.717) is 17.7 Å². The van der Waals surface area contributed by atoms with E-state index in [1.54, 1.807) is 24.3 Å². The van der Waals surface area contributed by atoms with Crippen LogP contribution in [0, 0.1) is 5.41 Å². The van der Waals surface area contributed by atoms with Crippen LogP contribution in [0.2, 0.25) is 0 Å². The monoisotopic (exact) mass is 311 g/mol. The second kappa shape index (κ2) is 7.09. The highest BCUT2D eigenvalue weighted by Gasteiger charge is 2.28. The predicted molar refractivity (Wildman–Crippen MR) is 90.3 cm³/mol. The Morgan fingerprint density at radius 3 is 2.17 bits per heavy atom. The van der Waals surface area contributed by atoms with Crippen molar-refractivity contribution in [2.75, 3.05) is 12.4 Å². The molecule has 0 heterocycles. The number of nitrogens with one attached hydrogen (secondary N) is 1. The van der Waals surface area contributed by atoms with E-state index < -0.39 is 11.4 Å². The van der Waals surface area contributed by atoms with Crippen molar-refractivity contribution < 1.29 is 14.3 Å². The standard InChI is InChI=1S/C19H21NO3/c1-19(2,13-14-7-5-4-6-8-14)18(22)20-16-11-9-15(10-12-16)17(21)23-3/h4-12H,13H2,1-3H3,(H,20,22). The van der Waals surface area contributed by atoms with Crippen molar-refractivity contribution in [2.45, 2.75) is 20.3 Å². The molecule has 0 aliphatic carbocycles. The van der Waals surface area contributed by atoms with Gasteiger partial charge in [0.05, 0.1) is 12.7 Å². The Hall–Kier alpha value is -2.62. The molecule has 0 fully saturated rings. The lowest BCUT2D eigenvalue weighted by Gasteiger charge is -2.23. The lowest BCUT2D eigenvalue weighted by molar-refractivity contribution is -0.123. The minimum absolute atomic E-state index is 0.0628. The fourth-order valence-electron chi connectivity index (χ4n) is 2.29. The van der Waals surface area contributed by atoms with Gasteiger partial charge in [0.15, 0.2) is 0 Å². The van der Waals surface area contributed by atoms with Crippen molar-refractivity contribution in [2.24, 2.45) is 5.41 Å². The Morgan fingerprint density at radius 2 is 1.61 bits per heavy atom. The minimum atomic E-state index is -0.539. The fraction of sp³-hybridized carbons (Fsp3) is 0.263. The highest BCUT2D eigenvalue weighted by atomic mass is 16.5. The van der Waals surface area contributed by atoms with Gasteiger partial charge in [0.1, 0.15) is 0 Å². The molecular formula is C19H21NO3.